The average molecular weight is 348 g/mol. The van der Waals surface area contributed by atoms with Crippen molar-refractivity contribution in [1.82, 2.24) is 10.2 Å². The van der Waals surface area contributed by atoms with Crippen LogP contribution in [0.1, 0.15) is 57.7 Å². The molecule has 1 aromatic carbocycles. The molecule has 6 heteroatoms. The first kappa shape index (κ1) is 19.1. The number of nitrogens with zero attached hydrogens (tertiary/aromatic N) is 1. The summed E-state index contributed by atoms with van der Waals surface area (Å²) in [6, 6.07) is 7.49. The van der Waals surface area contributed by atoms with Crippen LogP contribution in [0.5, 0.6) is 0 Å². The van der Waals surface area contributed by atoms with Gasteiger partial charge in [0.2, 0.25) is 0 Å². The van der Waals surface area contributed by atoms with Gasteiger partial charge in [0.1, 0.15) is 6.61 Å². The van der Waals surface area contributed by atoms with Crippen molar-refractivity contribution in [2.45, 2.75) is 58.7 Å². The van der Waals surface area contributed by atoms with Gasteiger partial charge in [0.05, 0.1) is 6.04 Å². The molecular formula is C19H28N2O4. The van der Waals surface area contributed by atoms with Crippen molar-refractivity contribution in [3.8, 4) is 0 Å². The Labute approximate surface area is 149 Å². The normalized spacial score (nSPS) is 20.9. The monoisotopic (exact) mass is 348 g/mol. The number of hydrogen-bond donors (Lipinski definition) is 2. The number of rotatable bonds is 3. The fourth-order valence-electron chi connectivity index (χ4n) is 3.27. The van der Waals surface area contributed by atoms with Gasteiger partial charge < -0.3 is 20.1 Å². The Bertz CT molecular complexity index is 624. The van der Waals surface area contributed by atoms with Crippen LogP contribution in [0.15, 0.2) is 24.3 Å². The highest BCUT2D eigenvalue weighted by atomic mass is 16.5. The lowest BCUT2D eigenvalue weighted by Crippen LogP contribution is -2.41. The van der Waals surface area contributed by atoms with Gasteiger partial charge in [-0.25, -0.2) is 9.59 Å². The summed E-state index contributed by atoms with van der Waals surface area (Å²) in [5.74, 6) is 0.255. The van der Waals surface area contributed by atoms with Crippen molar-refractivity contribution in [3.05, 3.63) is 35.4 Å². The quantitative estimate of drug-likeness (QED) is 0.859. The zero-order chi connectivity index (χ0) is 18.6. The standard InChI is InChI=1S/C19H28N2O4/c1-13-7-6-10-21(18(23)24)16(13)15-9-5-8-14(11-15)12-25-17(22)20-19(2,3)4/h5,8-9,11,13,16H,6-7,10,12H2,1-4H3,(H,20,22)(H,23,24)/t13-,16-/m0/s1. The third kappa shape index (κ3) is 5.37. The topological polar surface area (TPSA) is 78.9 Å². The number of benzene rings is 1. The first-order valence-electron chi connectivity index (χ1n) is 8.71. The van der Waals surface area contributed by atoms with Crippen LogP contribution in [0.3, 0.4) is 0 Å². The fourth-order valence-corrected chi connectivity index (χ4v) is 3.27. The van der Waals surface area contributed by atoms with E-state index in [0.29, 0.717) is 6.54 Å². The second-order valence-corrected chi connectivity index (χ2v) is 7.74. The van der Waals surface area contributed by atoms with Gasteiger partial charge in [0, 0.05) is 12.1 Å². The van der Waals surface area contributed by atoms with Crippen molar-refractivity contribution in [3.63, 3.8) is 0 Å². The summed E-state index contributed by atoms with van der Waals surface area (Å²) in [5.41, 5.74) is 1.45. The SMILES string of the molecule is C[C@H]1CCCN(C(=O)O)[C@@H]1c1cccc(COC(=O)NC(C)(C)C)c1. The van der Waals surface area contributed by atoms with Gasteiger partial charge in [0.15, 0.2) is 0 Å². The summed E-state index contributed by atoms with van der Waals surface area (Å²) in [6.45, 7) is 8.46. The first-order valence-corrected chi connectivity index (χ1v) is 8.71. The van der Waals surface area contributed by atoms with E-state index in [2.05, 4.69) is 12.2 Å². The van der Waals surface area contributed by atoms with E-state index in [1.54, 1.807) is 0 Å². The van der Waals surface area contributed by atoms with Crippen LogP contribution in [-0.2, 0) is 11.3 Å². The van der Waals surface area contributed by atoms with E-state index in [4.69, 9.17) is 4.74 Å². The van der Waals surface area contributed by atoms with Crippen LogP contribution in [0, 0.1) is 5.92 Å². The van der Waals surface area contributed by atoms with E-state index < -0.39 is 12.2 Å². The Kier molecular flexibility index (Phi) is 5.93. The molecule has 1 heterocycles. The molecule has 1 aliphatic rings. The molecule has 0 unspecified atom stereocenters. The highest BCUT2D eigenvalue weighted by Crippen LogP contribution is 2.36. The lowest BCUT2D eigenvalue weighted by atomic mass is 9.86. The summed E-state index contributed by atoms with van der Waals surface area (Å²) in [6.07, 6.45) is 0.543. The van der Waals surface area contributed by atoms with Crippen molar-refractivity contribution in [1.29, 1.82) is 0 Å². The molecule has 1 fully saturated rings. The Balaban J connectivity index is 2.09. The molecule has 0 aliphatic carbocycles. The lowest BCUT2D eigenvalue weighted by molar-refractivity contribution is 0.0829. The summed E-state index contributed by atoms with van der Waals surface area (Å²) in [4.78, 5) is 24.9. The molecule has 2 atom stereocenters. The molecule has 25 heavy (non-hydrogen) atoms. The third-order valence-electron chi connectivity index (χ3n) is 4.32. The van der Waals surface area contributed by atoms with Crippen LogP contribution in [-0.4, -0.2) is 34.3 Å². The van der Waals surface area contributed by atoms with Crippen LogP contribution >= 0.6 is 0 Å². The second kappa shape index (κ2) is 7.76. The van der Waals surface area contributed by atoms with E-state index in [9.17, 15) is 14.7 Å². The van der Waals surface area contributed by atoms with Gasteiger partial charge >= 0.3 is 12.2 Å². The Morgan fingerprint density at radius 1 is 1.36 bits per heavy atom. The molecule has 0 spiro atoms. The summed E-state index contributed by atoms with van der Waals surface area (Å²) in [5, 5.41) is 12.2. The van der Waals surface area contributed by atoms with Gasteiger partial charge in [0.25, 0.3) is 0 Å². The highest BCUT2D eigenvalue weighted by Gasteiger charge is 2.33. The van der Waals surface area contributed by atoms with Crippen molar-refractivity contribution >= 4 is 12.2 Å². The number of alkyl carbamates (subject to hydrolysis) is 1. The number of carboxylic acid groups (broad SMARTS) is 1. The maximum atomic E-state index is 11.8. The maximum absolute atomic E-state index is 11.8. The molecule has 1 saturated heterocycles. The number of ether oxygens (including phenoxy) is 1. The smallest absolute Gasteiger partial charge is 0.407 e. The molecule has 2 amide bonds. The minimum atomic E-state index is -0.886. The van der Waals surface area contributed by atoms with E-state index in [0.717, 1.165) is 24.0 Å². The van der Waals surface area contributed by atoms with E-state index in [1.165, 1.54) is 4.90 Å². The van der Waals surface area contributed by atoms with Crippen LogP contribution in [0.25, 0.3) is 0 Å². The second-order valence-electron chi connectivity index (χ2n) is 7.74. The van der Waals surface area contributed by atoms with Crippen LogP contribution < -0.4 is 5.32 Å². The molecule has 0 saturated carbocycles. The number of carbonyl (C=O) groups is 2. The summed E-state index contributed by atoms with van der Waals surface area (Å²) < 4.78 is 5.27. The average Bonchev–Trinajstić information content (AvgIpc) is 2.51. The van der Waals surface area contributed by atoms with Gasteiger partial charge in [-0.05, 0) is 50.7 Å². The molecule has 1 aromatic rings. The largest absolute Gasteiger partial charge is 0.465 e. The zero-order valence-corrected chi connectivity index (χ0v) is 15.4. The molecule has 138 valence electrons. The van der Waals surface area contributed by atoms with Crippen molar-refractivity contribution in [2.75, 3.05) is 6.54 Å². The molecule has 0 bridgehead atoms. The van der Waals surface area contributed by atoms with Gasteiger partial charge in [-0.2, -0.15) is 0 Å². The Morgan fingerprint density at radius 2 is 2.08 bits per heavy atom. The minimum Gasteiger partial charge on any atom is -0.465 e. The number of piperidine rings is 1. The fraction of sp³-hybridized carbons (Fsp3) is 0.579. The highest BCUT2D eigenvalue weighted by molar-refractivity contribution is 5.68. The van der Waals surface area contributed by atoms with Gasteiger partial charge in [-0.15, -0.1) is 0 Å². The maximum Gasteiger partial charge on any atom is 0.407 e. The number of nitrogens with one attached hydrogen (secondary N) is 1. The predicted octanol–water partition coefficient (Wildman–Crippen LogP) is 4.16. The van der Waals surface area contributed by atoms with Crippen molar-refractivity contribution < 1.29 is 19.4 Å². The molecule has 2 N–H and O–H groups in total. The van der Waals surface area contributed by atoms with E-state index >= 15 is 0 Å². The number of amides is 2. The molecule has 1 aliphatic heterocycles. The van der Waals surface area contributed by atoms with Crippen LogP contribution in [0.2, 0.25) is 0 Å². The number of hydrogen-bond acceptors (Lipinski definition) is 3. The lowest BCUT2D eigenvalue weighted by Gasteiger charge is -2.38. The predicted molar refractivity (Wildman–Crippen MR) is 95.4 cm³/mol. The summed E-state index contributed by atoms with van der Waals surface area (Å²) >= 11 is 0. The number of likely N-dealkylation sites (tertiary alicyclic amines) is 1. The van der Waals surface area contributed by atoms with Crippen molar-refractivity contribution in [2.24, 2.45) is 5.92 Å². The first-order chi connectivity index (χ1) is 11.7. The number of carbonyl (C=O) groups excluding carboxylic acids is 1. The van der Waals surface area contributed by atoms with E-state index in [1.807, 2.05) is 45.0 Å². The minimum absolute atomic E-state index is 0.157. The Morgan fingerprint density at radius 3 is 2.72 bits per heavy atom. The molecule has 6 nitrogen and oxygen atoms in total. The third-order valence-corrected chi connectivity index (χ3v) is 4.32. The van der Waals surface area contributed by atoms with Crippen LogP contribution in [0.4, 0.5) is 9.59 Å². The molecule has 2 rings (SSSR count). The molecule has 0 radical (unpaired) electrons. The molecular weight excluding hydrogens is 320 g/mol. The van der Waals surface area contributed by atoms with E-state index in [-0.39, 0.29) is 24.1 Å². The zero-order valence-electron chi connectivity index (χ0n) is 15.4. The molecule has 0 aromatic heterocycles. The Hall–Kier alpha value is -2.24. The van der Waals surface area contributed by atoms with Gasteiger partial charge in [-0.3, -0.25) is 0 Å². The summed E-state index contributed by atoms with van der Waals surface area (Å²) in [7, 11) is 0. The van der Waals surface area contributed by atoms with Gasteiger partial charge in [-0.1, -0.05) is 31.2 Å².